The van der Waals surface area contributed by atoms with Gasteiger partial charge in [0.2, 0.25) is 0 Å². The number of amides is 2. The van der Waals surface area contributed by atoms with E-state index in [1.54, 1.807) is 36.4 Å². The predicted octanol–water partition coefficient (Wildman–Crippen LogP) is 1.98. The molecule has 0 fully saturated rings. The Balaban J connectivity index is 2.06. The first-order valence-electron chi connectivity index (χ1n) is 5.79. The molecule has 2 amide bonds. The molecule has 0 aromatic heterocycles. The van der Waals surface area contributed by atoms with Crippen LogP contribution in [0.1, 0.15) is 10.4 Å². The monoisotopic (exact) mass is 271 g/mol. The summed E-state index contributed by atoms with van der Waals surface area (Å²) in [7, 11) is 0. The SMILES string of the molecule is NC(=O)Oc1ccc(NC(=O)c2cccc(N)c2)cc1. The molecule has 0 bridgehead atoms. The number of carbonyl (C=O) groups excluding carboxylic acids is 2. The van der Waals surface area contributed by atoms with Gasteiger partial charge in [-0.2, -0.15) is 0 Å². The zero-order valence-corrected chi connectivity index (χ0v) is 10.5. The van der Waals surface area contributed by atoms with Gasteiger partial charge in [0.25, 0.3) is 5.91 Å². The largest absolute Gasteiger partial charge is 0.411 e. The zero-order valence-electron chi connectivity index (χ0n) is 10.5. The minimum atomic E-state index is -0.887. The van der Waals surface area contributed by atoms with Crippen molar-refractivity contribution in [3.63, 3.8) is 0 Å². The van der Waals surface area contributed by atoms with Gasteiger partial charge in [-0.1, -0.05) is 6.07 Å². The molecule has 0 aliphatic carbocycles. The Morgan fingerprint density at radius 2 is 1.75 bits per heavy atom. The lowest BCUT2D eigenvalue weighted by Crippen LogP contribution is -2.16. The van der Waals surface area contributed by atoms with Gasteiger partial charge in [-0.25, -0.2) is 4.79 Å². The summed E-state index contributed by atoms with van der Waals surface area (Å²) in [6, 6.07) is 12.9. The van der Waals surface area contributed by atoms with E-state index >= 15 is 0 Å². The number of hydrogen-bond donors (Lipinski definition) is 3. The Hall–Kier alpha value is -3.02. The standard InChI is InChI=1S/C14H13N3O3/c15-10-3-1-2-9(8-10)13(18)17-11-4-6-12(7-5-11)20-14(16)19/h1-8H,15H2,(H2,16,19)(H,17,18). The molecule has 0 unspecified atom stereocenters. The summed E-state index contributed by atoms with van der Waals surface area (Å²) in [4.78, 5) is 22.5. The van der Waals surface area contributed by atoms with Gasteiger partial charge in [-0.3, -0.25) is 4.79 Å². The number of rotatable bonds is 3. The molecule has 6 nitrogen and oxygen atoms in total. The summed E-state index contributed by atoms with van der Waals surface area (Å²) in [6.07, 6.45) is -0.887. The van der Waals surface area contributed by atoms with Crippen molar-refractivity contribution < 1.29 is 14.3 Å². The van der Waals surface area contributed by atoms with Crippen molar-refractivity contribution in [2.75, 3.05) is 11.1 Å². The molecule has 20 heavy (non-hydrogen) atoms. The smallest absolute Gasteiger partial charge is 0.409 e. The second kappa shape index (κ2) is 5.75. The highest BCUT2D eigenvalue weighted by Gasteiger charge is 2.06. The highest BCUT2D eigenvalue weighted by molar-refractivity contribution is 6.04. The molecule has 2 aromatic carbocycles. The molecule has 0 aliphatic heterocycles. The highest BCUT2D eigenvalue weighted by Crippen LogP contribution is 2.17. The fraction of sp³-hybridized carbons (Fsp3) is 0. The molecule has 6 heteroatoms. The van der Waals surface area contributed by atoms with E-state index in [0.717, 1.165) is 0 Å². The summed E-state index contributed by atoms with van der Waals surface area (Å²) < 4.78 is 4.68. The van der Waals surface area contributed by atoms with Crippen LogP contribution in [0.2, 0.25) is 0 Å². The summed E-state index contributed by atoms with van der Waals surface area (Å²) in [5, 5.41) is 2.70. The van der Waals surface area contributed by atoms with Gasteiger partial charge in [0.05, 0.1) is 0 Å². The Bertz CT molecular complexity index is 638. The van der Waals surface area contributed by atoms with Crippen molar-refractivity contribution in [1.29, 1.82) is 0 Å². The van der Waals surface area contributed by atoms with Crippen LogP contribution in [0.25, 0.3) is 0 Å². The lowest BCUT2D eigenvalue weighted by atomic mass is 10.2. The average Bonchev–Trinajstić information content (AvgIpc) is 2.40. The van der Waals surface area contributed by atoms with E-state index in [1.165, 1.54) is 12.1 Å². The van der Waals surface area contributed by atoms with E-state index in [-0.39, 0.29) is 5.91 Å². The Kier molecular flexibility index (Phi) is 3.85. The van der Waals surface area contributed by atoms with Gasteiger partial charge in [0.15, 0.2) is 0 Å². The number of benzene rings is 2. The first-order valence-corrected chi connectivity index (χ1v) is 5.79. The minimum Gasteiger partial charge on any atom is -0.411 e. The number of ether oxygens (including phenoxy) is 1. The topological polar surface area (TPSA) is 107 Å². The van der Waals surface area contributed by atoms with Crippen LogP contribution >= 0.6 is 0 Å². The molecule has 0 atom stereocenters. The second-order valence-electron chi connectivity index (χ2n) is 4.03. The van der Waals surface area contributed by atoms with Gasteiger partial charge in [0.1, 0.15) is 5.75 Å². The molecular formula is C14H13N3O3. The van der Waals surface area contributed by atoms with Crippen LogP contribution in [0.5, 0.6) is 5.75 Å². The third kappa shape index (κ3) is 3.49. The number of hydrogen-bond acceptors (Lipinski definition) is 4. The van der Waals surface area contributed by atoms with Crippen molar-refractivity contribution in [3.8, 4) is 5.75 Å². The fourth-order valence-corrected chi connectivity index (χ4v) is 1.61. The van der Waals surface area contributed by atoms with Gasteiger partial charge in [-0.05, 0) is 42.5 Å². The predicted molar refractivity (Wildman–Crippen MR) is 75.5 cm³/mol. The number of carbonyl (C=O) groups is 2. The molecule has 0 heterocycles. The van der Waals surface area contributed by atoms with E-state index in [4.69, 9.17) is 11.5 Å². The van der Waals surface area contributed by atoms with Crippen molar-refractivity contribution in [3.05, 3.63) is 54.1 Å². The number of anilines is 2. The summed E-state index contributed by atoms with van der Waals surface area (Å²) >= 11 is 0. The Morgan fingerprint density at radius 1 is 1.05 bits per heavy atom. The summed E-state index contributed by atoms with van der Waals surface area (Å²) in [5.74, 6) is 0.0281. The summed E-state index contributed by atoms with van der Waals surface area (Å²) in [5.41, 5.74) is 12.0. The van der Waals surface area contributed by atoms with Crippen LogP contribution in [0.15, 0.2) is 48.5 Å². The molecule has 0 aliphatic rings. The van der Waals surface area contributed by atoms with Gasteiger partial charge < -0.3 is 21.5 Å². The van der Waals surface area contributed by atoms with Crippen molar-refractivity contribution in [2.24, 2.45) is 5.73 Å². The third-order valence-electron chi connectivity index (χ3n) is 2.48. The van der Waals surface area contributed by atoms with Crippen molar-refractivity contribution in [1.82, 2.24) is 0 Å². The van der Waals surface area contributed by atoms with E-state index in [1.807, 2.05) is 0 Å². The van der Waals surface area contributed by atoms with Crippen LogP contribution in [0, 0.1) is 0 Å². The van der Waals surface area contributed by atoms with E-state index in [0.29, 0.717) is 22.7 Å². The van der Waals surface area contributed by atoms with Crippen LogP contribution in [-0.4, -0.2) is 12.0 Å². The zero-order chi connectivity index (χ0) is 14.5. The van der Waals surface area contributed by atoms with Crippen LogP contribution in [0.3, 0.4) is 0 Å². The van der Waals surface area contributed by atoms with Crippen LogP contribution in [-0.2, 0) is 0 Å². The number of primary amides is 1. The first kappa shape index (κ1) is 13.4. The average molecular weight is 271 g/mol. The van der Waals surface area contributed by atoms with Crippen LogP contribution < -0.4 is 21.5 Å². The molecular weight excluding hydrogens is 258 g/mol. The molecule has 2 rings (SSSR count). The Morgan fingerprint density at radius 3 is 2.35 bits per heavy atom. The quantitative estimate of drug-likeness (QED) is 0.742. The normalized spacial score (nSPS) is 9.80. The van der Waals surface area contributed by atoms with Gasteiger partial charge in [0, 0.05) is 16.9 Å². The lowest BCUT2D eigenvalue weighted by Gasteiger charge is -2.07. The van der Waals surface area contributed by atoms with Crippen molar-refractivity contribution >= 4 is 23.4 Å². The second-order valence-corrected chi connectivity index (χ2v) is 4.03. The van der Waals surface area contributed by atoms with Crippen molar-refractivity contribution in [2.45, 2.75) is 0 Å². The van der Waals surface area contributed by atoms with Gasteiger partial charge >= 0.3 is 6.09 Å². The molecule has 0 saturated carbocycles. The van der Waals surface area contributed by atoms with E-state index in [9.17, 15) is 9.59 Å². The number of nitrogens with one attached hydrogen (secondary N) is 1. The first-order chi connectivity index (χ1) is 9.54. The summed E-state index contributed by atoms with van der Waals surface area (Å²) in [6.45, 7) is 0. The van der Waals surface area contributed by atoms with Crippen LogP contribution in [0.4, 0.5) is 16.2 Å². The maximum Gasteiger partial charge on any atom is 0.409 e. The molecule has 0 radical (unpaired) electrons. The maximum absolute atomic E-state index is 12.0. The maximum atomic E-state index is 12.0. The molecule has 0 spiro atoms. The van der Waals surface area contributed by atoms with Gasteiger partial charge in [-0.15, -0.1) is 0 Å². The lowest BCUT2D eigenvalue weighted by molar-refractivity contribution is 0.102. The molecule has 102 valence electrons. The number of nitrogen functional groups attached to an aromatic ring is 1. The molecule has 0 saturated heterocycles. The minimum absolute atomic E-state index is 0.277. The third-order valence-corrected chi connectivity index (χ3v) is 2.48. The number of nitrogens with two attached hydrogens (primary N) is 2. The van der Waals surface area contributed by atoms with E-state index < -0.39 is 6.09 Å². The highest BCUT2D eigenvalue weighted by atomic mass is 16.5. The Labute approximate surface area is 115 Å². The fourth-order valence-electron chi connectivity index (χ4n) is 1.61. The molecule has 5 N–H and O–H groups in total. The van der Waals surface area contributed by atoms with E-state index in [2.05, 4.69) is 10.1 Å². The molecule has 2 aromatic rings.